The Labute approximate surface area is 87.6 Å². The van der Waals surface area contributed by atoms with E-state index in [4.69, 9.17) is 10.7 Å². The highest BCUT2D eigenvalue weighted by Gasteiger charge is 2.46. The molecule has 0 spiro atoms. The molecular weight excluding hydrogens is 190 g/mol. The van der Waals surface area contributed by atoms with Gasteiger partial charge in [-0.25, -0.2) is 10.9 Å². The van der Waals surface area contributed by atoms with Gasteiger partial charge in [0.25, 0.3) is 0 Å². The van der Waals surface area contributed by atoms with Crippen molar-refractivity contribution >= 4 is 5.65 Å². The second-order valence-corrected chi connectivity index (χ2v) is 4.18. The van der Waals surface area contributed by atoms with E-state index >= 15 is 0 Å². The molecule has 0 bridgehead atoms. The molecule has 0 aliphatic heterocycles. The Morgan fingerprint density at radius 3 is 3.00 bits per heavy atom. The quantitative estimate of drug-likeness (QED) is 0.764. The third-order valence-electron chi connectivity index (χ3n) is 3.12. The lowest BCUT2D eigenvalue weighted by Crippen LogP contribution is -2.18. The maximum Gasteiger partial charge on any atom is 0.136 e. The summed E-state index contributed by atoms with van der Waals surface area (Å²) >= 11 is 0. The number of nitrogens with zero attached hydrogens (tertiary/aromatic N) is 2. The van der Waals surface area contributed by atoms with Crippen molar-refractivity contribution in [1.82, 2.24) is 9.38 Å². The number of aromatic nitrogens is 2. The molecule has 0 aromatic carbocycles. The maximum atomic E-state index is 5.15. The Kier molecular flexibility index (Phi) is 1.81. The molecule has 4 heteroatoms. The standard InChI is InChI=1S/C11H13N3O/c12-15-8-11(4-5-11)9-7-14-6-2-1-3-10(14)13-9/h1-3,6-7H,4-5,8,12H2. The SMILES string of the molecule is NOCC1(c2cn3ccccc3n2)CC1. The highest BCUT2D eigenvalue weighted by Crippen LogP contribution is 2.47. The Balaban J connectivity index is 2.05. The van der Waals surface area contributed by atoms with Crippen LogP contribution in [-0.2, 0) is 10.3 Å². The second kappa shape index (κ2) is 3.05. The summed E-state index contributed by atoms with van der Waals surface area (Å²) in [6, 6.07) is 5.99. The van der Waals surface area contributed by atoms with Crippen molar-refractivity contribution in [2.75, 3.05) is 6.61 Å². The van der Waals surface area contributed by atoms with Crippen molar-refractivity contribution in [3.8, 4) is 0 Å². The van der Waals surface area contributed by atoms with E-state index in [2.05, 4.69) is 11.2 Å². The molecule has 1 aliphatic carbocycles. The van der Waals surface area contributed by atoms with Crippen LogP contribution in [0, 0.1) is 0 Å². The minimum absolute atomic E-state index is 0.0841. The normalized spacial score (nSPS) is 18.2. The molecule has 0 radical (unpaired) electrons. The molecule has 1 aliphatic rings. The van der Waals surface area contributed by atoms with Crippen LogP contribution in [0.5, 0.6) is 0 Å². The highest BCUT2D eigenvalue weighted by molar-refractivity contribution is 5.42. The van der Waals surface area contributed by atoms with Crippen LogP contribution in [-0.4, -0.2) is 16.0 Å². The molecule has 2 aromatic heterocycles. The summed E-state index contributed by atoms with van der Waals surface area (Å²) in [5, 5.41) is 0. The van der Waals surface area contributed by atoms with Gasteiger partial charge < -0.3 is 9.24 Å². The van der Waals surface area contributed by atoms with Crippen LogP contribution in [0.15, 0.2) is 30.6 Å². The average Bonchev–Trinajstić information content (AvgIpc) is 2.91. The predicted octanol–water partition coefficient (Wildman–Crippen LogP) is 1.26. The van der Waals surface area contributed by atoms with Crippen LogP contribution >= 0.6 is 0 Å². The van der Waals surface area contributed by atoms with Gasteiger partial charge >= 0.3 is 0 Å². The molecule has 78 valence electrons. The first kappa shape index (κ1) is 8.88. The number of hydrogen-bond donors (Lipinski definition) is 1. The molecule has 15 heavy (non-hydrogen) atoms. The van der Waals surface area contributed by atoms with Gasteiger partial charge in [0.15, 0.2) is 0 Å². The Hall–Kier alpha value is -1.39. The molecule has 2 aromatic rings. The molecular formula is C11H13N3O. The summed E-state index contributed by atoms with van der Waals surface area (Å²) in [6.45, 7) is 0.566. The van der Waals surface area contributed by atoms with E-state index < -0.39 is 0 Å². The smallest absolute Gasteiger partial charge is 0.136 e. The number of pyridine rings is 1. The van der Waals surface area contributed by atoms with E-state index in [1.54, 1.807) is 0 Å². The maximum absolute atomic E-state index is 5.15. The van der Waals surface area contributed by atoms with E-state index in [1.165, 1.54) is 0 Å². The Morgan fingerprint density at radius 2 is 2.33 bits per heavy atom. The highest BCUT2D eigenvalue weighted by atomic mass is 16.6. The van der Waals surface area contributed by atoms with Crippen LogP contribution in [0.25, 0.3) is 5.65 Å². The fourth-order valence-electron chi connectivity index (χ4n) is 1.98. The number of rotatable bonds is 3. The number of imidazole rings is 1. The van der Waals surface area contributed by atoms with E-state index in [9.17, 15) is 0 Å². The van der Waals surface area contributed by atoms with Gasteiger partial charge in [0.2, 0.25) is 0 Å². The van der Waals surface area contributed by atoms with Gasteiger partial charge in [0.05, 0.1) is 12.3 Å². The molecule has 0 saturated heterocycles. The lowest BCUT2D eigenvalue weighted by molar-refractivity contribution is 0.115. The Bertz CT molecular complexity index is 454. The predicted molar refractivity (Wildman–Crippen MR) is 56.2 cm³/mol. The first-order valence-electron chi connectivity index (χ1n) is 5.10. The van der Waals surface area contributed by atoms with Gasteiger partial charge in [-0.3, -0.25) is 0 Å². The molecule has 1 fully saturated rings. The largest absolute Gasteiger partial charge is 0.307 e. The Morgan fingerprint density at radius 1 is 1.47 bits per heavy atom. The van der Waals surface area contributed by atoms with Crippen molar-refractivity contribution in [3.05, 3.63) is 36.3 Å². The molecule has 0 amide bonds. The first-order chi connectivity index (χ1) is 7.34. The third-order valence-corrected chi connectivity index (χ3v) is 3.12. The van der Waals surface area contributed by atoms with Gasteiger partial charge in [-0.1, -0.05) is 6.07 Å². The first-order valence-corrected chi connectivity index (χ1v) is 5.10. The lowest BCUT2D eigenvalue weighted by atomic mass is 10.1. The third kappa shape index (κ3) is 1.33. The molecule has 2 N–H and O–H groups in total. The van der Waals surface area contributed by atoms with Crippen LogP contribution in [0.4, 0.5) is 0 Å². The van der Waals surface area contributed by atoms with Gasteiger partial charge in [0, 0.05) is 17.8 Å². The van der Waals surface area contributed by atoms with Crippen molar-refractivity contribution in [3.63, 3.8) is 0 Å². The monoisotopic (exact) mass is 203 g/mol. The average molecular weight is 203 g/mol. The van der Waals surface area contributed by atoms with Gasteiger partial charge in [-0.05, 0) is 25.0 Å². The molecule has 4 nitrogen and oxygen atoms in total. The summed E-state index contributed by atoms with van der Waals surface area (Å²) in [4.78, 5) is 9.36. The van der Waals surface area contributed by atoms with Gasteiger partial charge in [-0.2, -0.15) is 0 Å². The van der Waals surface area contributed by atoms with E-state index in [0.717, 1.165) is 24.2 Å². The zero-order valence-electron chi connectivity index (χ0n) is 8.39. The topological polar surface area (TPSA) is 52.5 Å². The number of hydrogen-bond acceptors (Lipinski definition) is 3. The molecule has 3 rings (SSSR count). The molecule has 1 saturated carbocycles. The molecule has 0 unspecified atom stereocenters. The van der Waals surface area contributed by atoms with E-state index in [-0.39, 0.29) is 5.41 Å². The number of fused-ring (bicyclic) bond motifs is 1. The van der Waals surface area contributed by atoms with Crippen LogP contribution < -0.4 is 5.90 Å². The zero-order chi connectivity index (χ0) is 10.3. The van der Waals surface area contributed by atoms with E-state index in [0.29, 0.717) is 6.61 Å². The van der Waals surface area contributed by atoms with Crippen molar-refractivity contribution in [2.24, 2.45) is 5.90 Å². The fraction of sp³-hybridized carbons (Fsp3) is 0.364. The summed E-state index contributed by atoms with van der Waals surface area (Å²) in [7, 11) is 0. The second-order valence-electron chi connectivity index (χ2n) is 4.18. The van der Waals surface area contributed by atoms with Crippen molar-refractivity contribution < 1.29 is 4.84 Å². The fourth-order valence-corrected chi connectivity index (χ4v) is 1.98. The molecule has 0 atom stereocenters. The van der Waals surface area contributed by atoms with Crippen LogP contribution in [0.2, 0.25) is 0 Å². The van der Waals surface area contributed by atoms with E-state index in [1.807, 2.05) is 28.8 Å². The molecule has 2 heterocycles. The summed E-state index contributed by atoms with van der Waals surface area (Å²) in [6.07, 6.45) is 6.31. The van der Waals surface area contributed by atoms with Crippen LogP contribution in [0.3, 0.4) is 0 Å². The summed E-state index contributed by atoms with van der Waals surface area (Å²) in [5.41, 5.74) is 2.16. The zero-order valence-corrected chi connectivity index (χ0v) is 8.39. The summed E-state index contributed by atoms with van der Waals surface area (Å²) in [5.74, 6) is 5.15. The van der Waals surface area contributed by atoms with Crippen molar-refractivity contribution in [1.29, 1.82) is 0 Å². The summed E-state index contributed by atoms with van der Waals surface area (Å²) < 4.78 is 2.03. The minimum Gasteiger partial charge on any atom is -0.307 e. The minimum atomic E-state index is 0.0841. The van der Waals surface area contributed by atoms with Gasteiger partial charge in [0.1, 0.15) is 5.65 Å². The van der Waals surface area contributed by atoms with Crippen molar-refractivity contribution in [2.45, 2.75) is 18.3 Å². The lowest BCUT2D eigenvalue weighted by Gasteiger charge is -2.08. The number of nitrogens with two attached hydrogens (primary N) is 1. The van der Waals surface area contributed by atoms with Gasteiger partial charge in [-0.15, -0.1) is 0 Å². The van der Waals surface area contributed by atoms with Crippen LogP contribution in [0.1, 0.15) is 18.5 Å².